The van der Waals surface area contributed by atoms with Gasteiger partial charge in [-0.2, -0.15) is 0 Å². The molecular weight excluding hydrogens is 449 g/mol. The number of halogens is 3. The van der Waals surface area contributed by atoms with Crippen molar-refractivity contribution in [2.45, 2.75) is 57.0 Å². The fourth-order valence-corrected chi connectivity index (χ4v) is 4.92. The van der Waals surface area contributed by atoms with Crippen LogP contribution in [0.25, 0.3) is 11.1 Å². The molecule has 0 aliphatic heterocycles. The van der Waals surface area contributed by atoms with Gasteiger partial charge in [-0.3, -0.25) is 0 Å². The molecule has 0 spiro atoms. The first-order chi connectivity index (χ1) is 16.9. The Morgan fingerprint density at radius 3 is 2.26 bits per heavy atom. The Hall–Kier alpha value is -3.05. The highest BCUT2D eigenvalue weighted by molar-refractivity contribution is 5.65. The first kappa shape index (κ1) is 25.1. The average molecular weight is 481 g/mol. The van der Waals surface area contributed by atoms with Crippen LogP contribution in [0.3, 0.4) is 0 Å². The number of ether oxygens (including phenoxy) is 1. The van der Waals surface area contributed by atoms with Crippen molar-refractivity contribution >= 4 is 0 Å². The average Bonchev–Trinajstić information content (AvgIpc) is 2.87. The summed E-state index contributed by atoms with van der Waals surface area (Å²) in [6, 6.07) is 15.3. The highest BCUT2D eigenvalue weighted by atomic mass is 19.2. The first-order valence-electron chi connectivity index (χ1n) is 12.2. The lowest BCUT2D eigenvalue weighted by atomic mass is 9.76. The number of hydrogen-bond donors (Lipinski definition) is 1. The Bertz CT molecular complexity index is 1160. The highest BCUT2D eigenvalue weighted by Crippen LogP contribution is 2.43. The third-order valence-corrected chi connectivity index (χ3v) is 6.99. The van der Waals surface area contributed by atoms with Gasteiger partial charge in [0.05, 0.1) is 12.7 Å². The van der Waals surface area contributed by atoms with Gasteiger partial charge in [0.15, 0.2) is 23.2 Å². The molecule has 1 N–H and O–H groups in total. The van der Waals surface area contributed by atoms with E-state index in [2.05, 4.69) is 6.58 Å². The smallest absolute Gasteiger partial charge is 0.166 e. The van der Waals surface area contributed by atoms with Crippen molar-refractivity contribution in [1.82, 2.24) is 0 Å². The Labute approximate surface area is 205 Å². The van der Waals surface area contributed by atoms with Gasteiger partial charge in [0.2, 0.25) is 0 Å². The molecular formula is C30H31F3O2. The normalized spacial score (nSPS) is 18.8. The van der Waals surface area contributed by atoms with Crippen LogP contribution in [0.2, 0.25) is 0 Å². The maximum absolute atomic E-state index is 15.1. The van der Waals surface area contributed by atoms with Crippen LogP contribution >= 0.6 is 0 Å². The van der Waals surface area contributed by atoms with E-state index in [0.717, 1.165) is 24.0 Å². The van der Waals surface area contributed by atoms with Gasteiger partial charge in [-0.25, -0.2) is 13.2 Å². The van der Waals surface area contributed by atoms with E-state index >= 15 is 8.78 Å². The largest absolute Gasteiger partial charge is 0.490 e. The number of benzene rings is 3. The molecule has 2 nitrogen and oxygen atoms in total. The molecule has 1 aliphatic rings. The predicted molar refractivity (Wildman–Crippen MR) is 133 cm³/mol. The maximum Gasteiger partial charge on any atom is 0.166 e. The maximum atomic E-state index is 15.1. The summed E-state index contributed by atoms with van der Waals surface area (Å²) in [5.41, 5.74) is 2.82. The van der Waals surface area contributed by atoms with Gasteiger partial charge >= 0.3 is 0 Å². The van der Waals surface area contributed by atoms with Gasteiger partial charge in [0.1, 0.15) is 0 Å². The monoisotopic (exact) mass is 480 g/mol. The van der Waals surface area contributed by atoms with Crippen molar-refractivity contribution in [3.05, 3.63) is 101 Å². The molecule has 184 valence electrons. The van der Waals surface area contributed by atoms with Crippen LogP contribution in [-0.2, 0) is 0 Å². The number of rotatable bonds is 8. The minimum atomic E-state index is -0.844. The van der Waals surface area contributed by atoms with Crippen LogP contribution < -0.4 is 4.74 Å². The summed E-state index contributed by atoms with van der Waals surface area (Å²) in [5.74, 6) is -1.66. The zero-order valence-corrected chi connectivity index (χ0v) is 19.9. The summed E-state index contributed by atoms with van der Waals surface area (Å²) in [6.45, 7) is 5.67. The van der Waals surface area contributed by atoms with Gasteiger partial charge in [0, 0.05) is 5.56 Å². The molecule has 1 saturated carbocycles. The lowest BCUT2D eigenvalue weighted by Gasteiger charge is -2.29. The summed E-state index contributed by atoms with van der Waals surface area (Å²) < 4.78 is 50.0. The quantitative estimate of drug-likeness (QED) is 0.260. The Balaban J connectivity index is 1.43. The van der Waals surface area contributed by atoms with Crippen molar-refractivity contribution in [2.75, 3.05) is 6.61 Å². The summed E-state index contributed by atoms with van der Waals surface area (Å²) in [7, 11) is 0. The van der Waals surface area contributed by atoms with E-state index in [4.69, 9.17) is 4.74 Å². The highest BCUT2D eigenvalue weighted by Gasteiger charge is 2.27. The Morgan fingerprint density at radius 2 is 1.63 bits per heavy atom. The third kappa shape index (κ3) is 5.62. The molecule has 1 aliphatic carbocycles. The van der Waals surface area contributed by atoms with Crippen LogP contribution in [0.5, 0.6) is 5.75 Å². The van der Waals surface area contributed by atoms with Crippen LogP contribution in [0.1, 0.15) is 73.7 Å². The number of hydrogen-bond acceptors (Lipinski definition) is 2. The van der Waals surface area contributed by atoms with Crippen molar-refractivity contribution in [3.8, 4) is 16.9 Å². The van der Waals surface area contributed by atoms with Crippen LogP contribution in [0.15, 0.2) is 67.3 Å². The van der Waals surface area contributed by atoms with Gasteiger partial charge < -0.3 is 9.84 Å². The Kier molecular flexibility index (Phi) is 7.97. The second-order valence-corrected chi connectivity index (χ2v) is 9.29. The van der Waals surface area contributed by atoms with Crippen LogP contribution in [-0.4, -0.2) is 11.7 Å². The van der Waals surface area contributed by atoms with Gasteiger partial charge in [-0.05, 0) is 85.3 Å². The zero-order chi connectivity index (χ0) is 24.9. The fourth-order valence-electron chi connectivity index (χ4n) is 4.92. The molecule has 3 aromatic carbocycles. The molecule has 1 atom stereocenters. The van der Waals surface area contributed by atoms with Crippen LogP contribution in [0, 0.1) is 17.5 Å². The molecule has 3 aromatic rings. The van der Waals surface area contributed by atoms with Crippen molar-refractivity contribution in [3.63, 3.8) is 0 Å². The summed E-state index contributed by atoms with van der Waals surface area (Å²) in [5, 5.41) is 9.66. The fraction of sp³-hybridized carbons (Fsp3) is 0.333. The summed E-state index contributed by atoms with van der Waals surface area (Å²) in [6.07, 6.45) is 4.75. The molecule has 1 fully saturated rings. The topological polar surface area (TPSA) is 29.5 Å². The lowest BCUT2D eigenvalue weighted by Crippen LogP contribution is -2.14. The van der Waals surface area contributed by atoms with Crippen molar-refractivity contribution in [1.29, 1.82) is 0 Å². The van der Waals surface area contributed by atoms with E-state index in [0.29, 0.717) is 37.0 Å². The van der Waals surface area contributed by atoms with E-state index in [1.54, 1.807) is 55.5 Å². The molecule has 5 heteroatoms. The number of aliphatic hydroxyl groups is 1. The predicted octanol–water partition coefficient (Wildman–Crippen LogP) is 8.22. The first-order valence-corrected chi connectivity index (χ1v) is 12.2. The molecule has 0 radical (unpaired) electrons. The zero-order valence-electron chi connectivity index (χ0n) is 19.9. The SMILES string of the molecule is C=CCCOc1ccc(C2CCC(c3ccc(-c4ccc(C(C)O)cc4)c(F)c3F)CC2)cc1F. The minimum Gasteiger partial charge on any atom is -0.490 e. The van der Waals surface area contributed by atoms with Gasteiger partial charge in [-0.1, -0.05) is 48.5 Å². The molecule has 35 heavy (non-hydrogen) atoms. The van der Waals surface area contributed by atoms with Gasteiger partial charge in [0.25, 0.3) is 0 Å². The van der Waals surface area contributed by atoms with Crippen molar-refractivity contribution < 1.29 is 23.0 Å². The molecule has 0 saturated heterocycles. The lowest BCUT2D eigenvalue weighted by molar-refractivity contribution is 0.199. The molecule has 0 amide bonds. The van der Waals surface area contributed by atoms with E-state index in [1.807, 2.05) is 6.07 Å². The standard InChI is InChI=1S/C30H31F3O2/c1-3-4-17-35-28-16-13-24(18-27(28)31)21-7-11-23(12-8-21)26-15-14-25(29(32)30(26)33)22-9-5-20(6-10-22)19(2)34/h3,5-6,9-10,13-16,18-19,21,23,34H,1,4,7-8,11-12,17H2,2H3. The molecule has 0 aromatic heterocycles. The second kappa shape index (κ2) is 11.1. The third-order valence-electron chi connectivity index (χ3n) is 6.99. The minimum absolute atomic E-state index is 0.0706. The van der Waals surface area contributed by atoms with E-state index in [9.17, 15) is 9.50 Å². The molecule has 4 rings (SSSR count). The van der Waals surface area contributed by atoms with Crippen molar-refractivity contribution in [2.24, 2.45) is 0 Å². The van der Waals surface area contributed by atoms with E-state index < -0.39 is 17.7 Å². The molecule has 0 bridgehead atoms. The van der Waals surface area contributed by atoms with E-state index in [-0.39, 0.29) is 29.0 Å². The molecule has 1 unspecified atom stereocenters. The Morgan fingerprint density at radius 1 is 0.943 bits per heavy atom. The van der Waals surface area contributed by atoms with E-state index in [1.165, 1.54) is 6.07 Å². The van der Waals surface area contributed by atoms with Gasteiger partial charge in [-0.15, -0.1) is 6.58 Å². The summed E-state index contributed by atoms with van der Waals surface area (Å²) in [4.78, 5) is 0. The molecule has 0 heterocycles. The number of aliphatic hydroxyl groups excluding tert-OH is 1. The van der Waals surface area contributed by atoms with Crippen LogP contribution in [0.4, 0.5) is 13.2 Å². The summed E-state index contributed by atoms with van der Waals surface area (Å²) >= 11 is 0. The second-order valence-electron chi connectivity index (χ2n) is 9.29.